The van der Waals surface area contributed by atoms with Crippen LogP contribution in [0.1, 0.15) is 37.3 Å². The summed E-state index contributed by atoms with van der Waals surface area (Å²) >= 11 is 3.45. The van der Waals surface area contributed by atoms with Crippen LogP contribution in [0.2, 0.25) is 0 Å². The number of hydrogen-bond acceptors (Lipinski definition) is 3. The maximum absolute atomic E-state index is 5.66. The van der Waals surface area contributed by atoms with Crippen LogP contribution >= 0.6 is 15.9 Å². The number of ether oxygens (including phenoxy) is 1. The zero-order chi connectivity index (χ0) is 12.3. The van der Waals surface area contributed by atoms with Gasteiger partial charge in [-0.1, -0.05) is 34.8 Å². The third-order valence-corrected chi connectivity index (χ3v) is 3.83. The van der Waals surface area contributed by atoms with E-state index in [-0.39, 0.29) is 6.04 Å². The van der Waals surface area contributed by atoms with Gasteiger partial charge in [0.25, 0.3) is 0 Å². The fraction of sp³-hybridized carbons (Fsp3) is 0.538. The summed E-state index contributed by atoms with van der Waals surface area (Å²) in [6, 6.07) is 6.26. The molecule has 1 fully saturated rings. The van der Waals surface area contributed by atoms with Gasteiger partial charge in [0.1, 0.15) is 5.75 Å². The molecule has 1 saturated carbocycles. The Kier molecular flexibility index (Phi) is 4.42. The molecule has 0 radical (unpaired) electrons. The first-order chi connectivity index (χ1) is 8.24. The molecule has 1 aliphatic carbocycles. The van der Waals surface area contributed by atoms with E-state index in [0.29, 0.717) is 0 Å². The van der Waals surface area contributed by atoms with E-state index in [1.807, 2.05) is 12.1 Å². The highest BCUT2D eigenvalue weighted by Gasteiger charge is 2.23. The smallest absolute Gasteiger partial charge is 0.124 e. The van der Waals surface area contributed by atoms with Crippen molar-refractivity contribution in [1.82, 2.24) is 5.43 Å². The summed E-state index contributed by atoms with van der Waals surface area (Å²) in [7, 11) is 1.69. The summed E-state index contributed by atoms with van der Waals surface area (Å²) in [5.74, 6) is 7.47. The Balaban J connectivity index is 2.10. The van der Waals surface area contributed by atoms with Crippen LogP contribution in [-0.2, 0) is 0 Å². The van der Waals surface area contributed by atoms with Gasteiger partial charge in [0.15, 0.2) is 0 Å². The van der Waals surface area contributed by atoms with Gasteiger partial charge in [-0.25, -0.2) is 0 Å². The molecule has 0 aromatic heterocycles. The number of nitrogens with two attached hydrogens (primary N) is 1. The quantitative estimate of drug-likeness (QED) is 0.626. The molecule has 1 aromatic rings. The van der Waals surface area contributed by atoms with Crippen LogP contribution in [0.25, 0.3) is 0 Å². The molecule has 1 unspecified atom stereocenters. The predicted molar refractivity (Wildman–Crippen MR) is 72.7 cm³/mol. The molecule has 94 valence electrons. The van der Waals surface area contributed by atoms with Crippen molar-refractivity contribution in [3.05, 3.63) is 28.2 Å². The highest BCUT2D eigenvalue weighted by molar-refractivity contribution is 9.10. The van der Waals surface area contributed by atoms with E-state index in [2.05, 4.69) is 27.4 Å². The topological polar surface area (TPSA) is 47.3 Å². The first-order valence-electron chi connectivity index (χ1n) is 6.04. The van der Waals surface area contributed by atoms with E-state index in [4.69, 9.17) is 10.6 Å². The maximum atomic E-state index is 5.66. The van der Waals surface area contributed by atoms with Gasteiger partial charge < -0.3 is 4.74 Å². The van der Waals surface area contributed by atoms with Crippen LogP contribution < -0.4 is 16.0 Å². The number of methoxy groups -OCH3 is 1. The van der Waals surface area contributed by atoms with Crippen LogP contribution in [0.4, 0.5) is 0 Å². The molecule has 0 heterocycles. The normalized spacial score (nSPS) is 16.9. The number of nitrogens with one attached hydrogen (secondary N) is 1. The average Bonchev–Trinajstić information content (AvgIpc) is 3.15. The number of rotatable bonds is 6. The van der Waals surface area contributed by atoms with Gasteiger partial charge in [-0.05, 0) is 30.9 Å². The molecule has 2 rings (SSSR count). The molecule has 0 aliphatic heterocycles. The van der Waals surface area contributed by atoms with E-state index in [1.165, 1.54) is 19.3 Å². The zero-order valence-electron chi connectivity index (χ0n) is 10.1. The van der Waals surface area contributed by atoms with Crippen molar-refractivity contribution in [2.75, 3.05) is 7.11 Å². The molecule has 0 amide bonds. The van der Waals surface area contributed by atoms with Crippen LogP contribution in [-0.4, -0.2) is 7.11 Å². The molecule has 0 bridgehead atoms. The minimum absolute atomic E-state index is 0.179. The minimum atomic E-state index is 0.179. The average molecular weight is 299 g/mol. The molecule has 0 spiro atoms. The maximum Gasteiger partial charge on any atom is 0.124 e. The second-order valence-corrected chi connectivity index (χ2v) is 5.54. The summed E-state index contributed by atoms with van der Waals surface area (Å²) in [6.07, 6.45) is 5.08. The monoisotopic (exact) mass is 298 g/mol. The van der Waals surface area contributed by atoms with Gasteiger partial charge >= 0.3 is 0 Å². The molecular formula is C13H19BrN2O. The van der Waals surface area contributed by atoms with Crippen LogP contribution in [0.15, 0.2) is 22.7 Å². The van der Waals surface area contributed by atoms with Gasteiger partial charge in [-0.2, -0.15) is 0 Å². The van der Waals surface area contributed by atoms with Crippen molar-refractivity contribution in [3.63, 3.8) is 0 Å². The number of benzene rings is 1. The SMILES string of the molecule is COc1cc(Br)ccc1C(CCC1CC1)NN. The van der Waals surface area contributed by atoms with E-state index >= 15 is 0 Å². The Morgan fingerprint density at radius 2 is 2.29 bits per heavy atom. The largest absolute Gasteiger partial charge is 0.496 e. The van der Waals surface area contributed by atoms with Gasteiger partial charge in [0, 0.05) is 16.1 Å². The van der Waals surface area contributed by atoms with Crippen LogP contribution in [0.5, 0.6) is 5.75 Å². The third kappa shape index (κ3) is 3.44. The van der Waals surface area contributed by atoms with Crippen molar-refractivity contribution < 1.29 is 4.74 Å². The van der Waals surface area contributed by atoms with Crippen molar-refractivity contribution in [3.8, 4) is 5.75 Å². The predicted octanol–water partition coefficient (Wildman–Crippen LogP) is 3.15. The van der Waals surface area contributed by atoms with Crippen LogP contribution in [0, 0.1) is 5.92 Å². The van der Waals surface area contributed by atoms with Gasteiger partial charge in [-0.3, -0.25) is 11.3 Å². The van der Waals surface area contributed by atoms with Crippen molar-refractivity contribution in [1.29, 1.82) is 0 Å². The summed E-state index contributed by atoms with van der Waals surface area (Å²) in [4.78, 5) is 0. The van der Waals surface area contributed by atoms with Gasteiger partial charge in [0.05, 0.1) is 7.11 Å². The fourth-order valence-electron chi connectivity index (χ4n) is 2.11. The minimum Gasteiger partial charge on any atom is -0.496 e. The number of hydrogen-bond donors (Lipinski definition) is 2. The lowest BCUT2D eigenvalue weighted by atomic mass is 10.00. The van der Waals surface area contributed by atoms with Crippen LogP contribution in [0.3, 0.4) is 0 Å². The van der Waals surface area contributed by atoms with E-state index in [9.17, 15) is 0 Å². The van der Waals surface area contributed by atoms with Crippen molar-refractivity contribution in [2.24, 2.45) is 11.8 Å². The Morgan fingerprint density at radius 1 is 1.53 bits per heavy atom. The molecule has 3 nitrogen and oxygen atoms in total. The molecular weight excluding hydrogens is 280 g/mol. The standard InChI is InChI=1S/C13H19BrN2O/c1-17-13-8-10(14)5-6-11(13)12(16-15)7-4-9-2-3-9/h5-6,8-9,12,16H,2-4,7,15H2,1H3. The van der Waals surface area contributed by atoms with Crippen molar-refractivity contribution in [2.45, 2.75) is 31.7 Å². The molecule has 1 atom stereocenters. The molecule has 4 heteroatoms. The molecule has 1 aliphatic rings. The first-order valence-corrected chi connectivity index (χ1v) is 6.83. The van der Waals surface area contributed by atoms with Gasteiger partial charge in [0.2, 0.25) is 0 Å². The molecule has 1 aromatic carbocycles. The Morgan fingerprint density at radius 3 is 2.88 bits per heavy atom. The Bertz CT molecular complexity index is 380. The molecule has 17 heavy (non-hydrogen) atoms. The Hall–Kier alpha value is -0.580. The van der Waals surface area contributed by atoms with Gasteiger partial charge in [-0.15, -0.1) is 0 Å². The van der Waals surface area contributed by atoms with E-state index in [1.54, 1.807) is 7.11 Å². The van der Waals surface area contributed by atoms with Crippen molar-refractivity contribution >= 4 is 15.9 Å². The van der Waals surface area contributed by atoms with E-state index in [0.717, 1.165) is 28.1 Å². The summed E-state index contributed by atoms with van der Waals surface area (Å²) < 4.78 is 6.43. The van der Waals surface area contributed by atoms with E-state index < -0.39 is 0 Å². The highest BCUT2D eigenvalue weighted by atomic mass is 79.9. The third-order valence-electron chi connectivity index (χ3n) is 3.33. The first kappa shape index (κ1) is 12.9. The summed E-state index contributed by atoms with van der Waals surface area (Å²) in [5, 5.41) is 0. The number of hydrazine groups is 1. The fourth-order valence-corrected chi connectivity index (χ4v) is 2.45. The second kappa shape index (κ2) is 5.85. The Labute approximate surface area is 111 Å². The zero-order valence-corrected chi connectivity index (χ0v) is 11.7. The second-order valence-electron chi connectivity index (χ2n) is 4.63. The highest BCUT2D eigenvalue weighted by Crippen LogP contribution is 2.37. The lowest BCUT2D eigenvalue weighted by Gasteiger charge is -2.19. The lowest BCUT2D eigenvalue weighted by Crippen LogP contribution is -2.28. The lowest BCUT2D eigenvalue weighted by molar-refractivity contribution is 0.392. The number of halogens is 1. The molecule has 3 N–H and O–H groups in total. The summed E-state index contributed by atoms with van der Waals surface area (Å²) in [6.45, 7) is 0. The molecule has 0 saturated heterocycles. The summed E-state index contributed by atoms with van der Waals surface area (Å²) in [5.41, 5.74) is 4.04.